The summed E-state index contributed by atoms with van der Waals surface area (Å²) in [7, 11) is 3.54. The van der Waals surface area contributed by atoms with Crippen LogP contribution in [0.2, 0.25) is 0 Å². The standard InChI is InChI=1S/C16H25NO2/c1-4-11-17-15(16(19-3)9-6-10-16)13-7-5-8-14(12-13)18-2/h5,7-8,12,15,17H,4,6,9-11H2,1-3H3. The Bertz CT molecular complexity index is 396. The van der Waals surface area contributed by atoms with E-state index >= 15 is 0 Å². The molecular weight excluding hydrogens is 238 g/mol. The van der Waals surface area contributed by atoms with Crippen LogP contribution in [0.15, 0.2) is 24.3 Å². The molecule has 1 aliphatic rings. The van der Waals surface area contributed by atoms with Crippen LogP contribution >= 0.6 is 0 Å². The number of ether oxygens (including phenoxy) is 2. The summed E-state index contributed by atoms with van der Waals surface area (Å²) in [6.45, 7) is 3.20. The Kier molecular flexibility index (Phi) is 4.83. The maximum absolute atomic E-state index is 5.86. The number of benzene rings is 1. The molecule has 0 amide bonds. The van der Waals surface area contributed by atoms with Gasteiger partial charge >= 0.3 is 0 Å². The van der Waals surface area contributed by atoms with E-state index in [0.717, 1.165) is 31.6 Å². The van der Waals surface area contributed by atoms with Crippen LogP contribution in [-0.2, 0) is 4.74 Å². The topological polar surface area (TPSA) is 30.5 Å². The second-order valence-electron chi connectivity index (χ2n) is 5.29. The van der Waals surface area contributed by atoms with Crippen molar-refractivity contribution < 1.29 is 9.47 Å². The highest BCUT2D eigenvalue weighted by Crippen LogP contribution is 2.45. The minimum absolute atomic E-state index is 0.0401. The van der Waals surface area contributed by atoms with Crippen LogP contribution < -0.4 is 10.1 Å². The molecule has 1 aliphatic carbocycles. The molecule has 1 unspecified atom stereocenters. The Labute approximate surface area is 116 Å². The van der Waals surface area contributed by atoms with Crippen molar-refractivity contribution in [3.63, 3.8) is 0 Å². The number of hydrogen-bond donors (Lipinski definition) is 1. The zero-order valence-electron chi connectivity index (χ0n) is 12.2. The van der Waals surface area contributed by atoms with Crippen molar-refractivity contribution in [2.75, 3.05) is 20.8 Å². The molecule has 0 bridgehead atoms. The van der Waals surface area contributed by atoms with Crippen LogP contribution in [0.5, 0.6) is 5.75 Å². The fourth-order valence-electron chi connectivity index (χ4n) is 2.85. The molecule has 0 aromatic heterocycles. The lowest BCUT2D eigenvalue weighted by molar-refractivity contribution is -0.0997. The SMILES string of the molecule is CCCNC(c1cccc(OC)c1)C1(OC)CCC1. The second-order valence-corrected chi connectivity index (χ2v) is 5.29. The van der Waals surface area contributed by atoms with Crippen molar-refractivity contribution in [2.24, 2.45) is 0 Å². The molecule has 3 nitrogen and oxygen atoms in total. The van der Waals surface area contributed by atoms with Crippen LogP contribution in [0, 0.1) is 0 Å². The molecule has 1 fully saturated rings. The first-order chi connectivity index (χ1) is 9.25. The fraction of sp³-hybridized carbons (Fsp3) is 0.625. The lowest BCUT2D eigenvalue weighted by Gasteiger charge is -2.47. The average molecular weight is 263 g/mol. The van der Waals surface area contributed by atoms with E-state index in [9.17, 15) is 0 Å². The number of methoxy groups -OCH3 is 2. The average Bonchev–Trinajstić information content (AvgIpc) is 2.41. The Morgan fingerprint density at radius 1 is 1.32 bits per heavy atom. The molecule has 1 atom stereocenters. The summed E-state index contributed by atoms with van der Waals surface area (Å²) in [6, 6.07) is 8.57. The number of hydrogen-bond acceptors (Lipinski definition) is 3. The number of nitrogens with one attached hydrogen (secondary N) is 1. The van der Waals surface area contributed by atoms with Gasteiger partial charge in [-0.05, 0) is 49.9 Å². The molecule has 0 heterocycles. The summed E-state index contributed by atoms with van der Waals surface area (Å²) in [6.07, 6.45) is 4.63. The van der Waals surface area contributed by atoms with Gasteiger partial charge in [-0.3, -0.25) is 0 Å². The van der Waals surface area contributed by atoms with Gasteiger partial charge in [0.25, 0.3) is 0 Å². The largest absolute Gasteiger partial charge is 0.497 e. The predicted molar refractivity (Wildman–Crippen MR) is 77.6 cm³/mol. The van der Waals surface area contributed by atoms with E-state index in [1.54, 1.807) is 7.11 Å². The van der Waals surface area contributed by atoms with E-state index in [4.69, 9.17) is 9.47 Å². The van der Waals surface area contributed by atoms with Gasteiger partial charge in [-0.2, -0.15) is 0 Å². The van der Waals surface area contributed by atoms with Gasteiger partial charge in [0.05, 0.1) is 18.8 Å². The van der Waals surface area contributed by atoms with Crippen molar-refractivity contribution in [1.29, 1.82) is 0 Å². The summed E-state index contributed by atoms with van der Waals surface area (Å²) >= 11 is 0. The molecule has 2 rings (SSSR count). The minimum atomic E-state index is -0.0401. The highest BCUT2D eigenvalue weighted by Gasteiger charge is 2.44. The third-order valence-electron chi connectivity index (χ3n) is 4.16. The summed E-state index contributed by atoms with van der Waals surface area (Å²) < 4.78 is 11.2. The van der Waals surface area contributed by atoms with Crippen molar-refractivity contribution >= 4 is 0 Å². The van der Waals surface area contributed by atoms with Crippen molar-refractivity contribution in [3.05, 3.63) is 29.8 Å². The summed E-state index contributed by atoms with van der Waals surface area (Å²) in [5.74, 6) is 0.909. The molecule has 0 spiro atoms. The first kappa shape index (κ1) is 14.4. The van der Waals surface area contributed by atoms with Gasteiger partial charge < -0.3 is 14.8 Å². The van der Waals surface area contributed by atoms with Gasteiger partial charge in [-0.1, -0.05) is 19.1 Å². The fourth-order valence-corrected chi connectivity index (χ4v) is 2.85. The molecule has 1 N–H and O–H groups in total. The van der Waals surface area contributed by atoms with E-state index in [2.05, 4.69) is 30.4 Å². The maximum atomic E-state index is 5.86. The van der Waals surface area contributed by atoms with E-state index < -0.39 is 0 Å². The highest BCUT2D eigenvalue weighted by atomic mass is 16.5. The van der Waals surface area contributed by atoms with Crippen molar-refractivity contribution in [1.82, 2.24) is 5.32 Å². The monoisotopic (exact) mass is 263 g/mol. The minimum Gasteiger partial charge on any atom is -0.497 e. The first-order valence-electron chi connectivity index (χ1n) is 7.18. The van der Waals surface area contributed by atoms with Crippen molar-refractivity contribution in [3.8, 4) is 5.75 Å². The van der Waals surface area contributed by atoms with Gasteiger partial charge in [-0.15, -0.1) is 0 Å². The van der Waals surface area contributed by atoms with Gasteiger partial charge in [0, 0.05) is 7.11 Å². The van der Waals surface area contributed by atoms with Crippen LogP contribution in [0.1, 0.15) is 44.2 Å². The predicted octanol–water partition coefficient (Wildman–Crippen LogP) is 3.31. The third kappa shape index (κ3) is 2.93. The van der Waals surface area contributed by atoms with E-state index in [0.29, 0.717) is 0 Å². The van der Waals surface area contributed by atoms with Gasteiger partial charge in [0.2, 0.25) is 0 Å². The first-order valence-corrected chi connectivity index (χ1v) is 7.18. The molecule has 106 valence electrons. The van der Waals surface area contributed by atoms with E-state index in [1.807, 2.05) is 13.2 Å². The molecule has 3 heteroatoms. The maximum Gasteiger partial charge on any atom is 0.119 e. The summed E-state index contributed by atoms with van der Waals surface area (Å²) in [5.41, 5.74) is 1.22. The molecular formula is C16H25NO2. The highest BCUT2D eigenvalue weighted by molar-refractivity contribution is 5.32. The Hall–Kier alpha value is -1.06. The zero-order chi connectivity index (χ0) is 13.7. The van der Waals surface area contributed by atoms with Crippen LogP contribution in [-0.4, -0.2) is 26.4 Å². The van der Waals surface area contributed by atoms with Crippen LogP contribution in [0.3, 0.4) is 0 Å². The zero-order valence-corrected chi connectivity index (χ0v) is 12.2. The molecule has 0 aliphatic heterocycles. The molecule has 0 saturated heterocycles. The lowest BCUT2D eigenvalue weighted by atomic mass is 9.72. The Balaban J connectivity index is 2.25. The molecule has 1 saturated carbocycles. The molecule has 19 heavy (non-hydrogen) atoms. The quantitative estimate of drug-likeness (QED) is 0.818. The van der Waals surface area contributed by atoms with Crippen molar-refractivity contribution in [2.45, 2.75) is 44.2 Å². The summed E-state index contributed by atoms with van der Waals surface area (Å²) in [5, 5.41) is 3.65. The summed E-state index contributed by atoms with van der Waals surface area (Å²) in [4.78, 5) is 0. The Morgan fingerprint density at radius 3 is 2.63 bits per heavy atom. The molecule has 1 aromatic rings. The van der Waals surface area contributed by atoms with Crippen LogP contribution in [0.25, 0.3) is 0 Å². The van der Waals surface area contributed by atoms with Gasteiger partial charge in [0.15, 0.2) is 0 Å². The Morgan fingerprint density at radius 2 is 2.11 bits per heavy atom. The van der Waals surface area contributed by atoms with Gasteiger partial charge in [0.1, 0.15) is 5.75 Å². The third-order valence-corrected chi connectivity index (χ3v) is 4.16. The van der Waals surface area contributed by atoms with E-state index in [1.165, 1.54) is 12.0 Å². The second kappa shape index (κ2) is 6.40. The molecule has 0 radical (unpaired) electrons. The van der Waals surface area contributed by atoms with Crippen LogP contribution in [0.4, 0.5) is 0 Å². The normalized spacial score (nSPS) is 18.7. The van der Waals surface area contributed by atoms with E-state index in [-0.39, 0.29) is 11.6 Å². The molecule has 1 aromatic carbocycles. The number of rotatable bonds is 7. The lowest BCUT2D eigenvalue weighted by Crippen LogP contribution is -2.50. The van der Waals surface area contributed by atoms with Gasteiger partial charge in [-0.25, -0.2) is 0 Å². The smallest absolute Gasteiger partial charge is 0.119 e.